The van der Waals surface area contributed by atoms with Crippen molar-refractivity contribution in [3.05, 3.63) is 29.4 Å². The van der Waals surface area contributed by atoms with Gasteiger partial charge >= 0.3 is 5.97 Å². The SMILES string of the molecule is Cl.O=C(O)c1cncc2ccsc12. The van der Waals surface area contributed by atoms with Gasteiger partial charge in [-0.15, -0.1) is 23.7 Å². The van der Waals surface area contributed by atoms with Gasteiger partial charge in [0.2, 0.25) is 0 Å². The molecule has 0 fully saturated rings. The van der Waals surface area contributed by atoms with E-state index >= 15 is 0 Å². The Hall–Kier alpha value is -1.13. The number of nitrogens with zero attached hydrogens (tertiary/aromatic N) is 1. The molecule has 2 aromatic rings. The molecule has 0 unspecified atom stereocenters. The van der Waals surface area contributed by atoms with Gasteiger partial charge in [-0.2, -0.15) is 0 Å². The van der Waals surface area contributed by atoms with Crippen molar-refractivity contribution in [2.24, 2.45) is 0 Å². The van der Waals surface area contributed by atoms with Crippen molar-refractivity contribution < 1.29 is 9.90 Å². The number of rotatable bonds is 1. The molecule has 0 saturated carbocycles. The zero-order chi connectivity index (χ0) is 8.55. The molecule has 0 atom stereocenters. The van der Waals surface area contributed by atoms with Gasteiger partial charge in [0.15, 0.2) is 0 Å². The van der Waals surface area contributed by atoms with Crippen molar-refractivity contribution in [1.82, 2.24) is 4.98 Å². The molecular formula is C8H6ClNO2S. The van der Waals surface area contributed by atoms with E-state index in [4.69, 9.17) is 5.11 Å². The Balaban J connectivity index is 0.000000845. The van der Waals surface area contributed by atoms with Gasteiger partial charge in [0, 0.05) is 17.8 Å². The zero-order valence-electron chi connectivity index (χ0n) is 6.43. The van der Waals surface area contributed by atoms with E-state index in [1.807, 2.05) is 11.4 Å². The minimum atomic E-state index is -0.921. The van der Waals surface area contributed by atoms with Crippen LogP contribution in [0.1, 0.15) is 10.4 Å². The molecular weight excluding hydrogens is 210 g/mol. The highest BCUT2D eigenvalue weighted by molar-refractivity contribution is 7.17. The lowest BCUT2D eigenvalue weighted by atomic mass is 10.2. The summed E-state index contributed by atoms with van der Waals surface area (Å²) in [6, 6.07) is 1.86. The maximum atomic E-state index is 10.7. The van der Waals surface area contributed by atoms with E-state index in [2.05, 4.69) is 4.98 Å². The number of aromatic nitrogens is 1. The normalized spacial score (nSPS) is 9.54. The van der Waals surface area contributed by atoms with Crippen LogP contribution in [0.3, 0.4) is 0 Å². The van der Waals surface area contributed by atoms with Crippen LogP contribution in [0.25, 0.3) is 10.1 Å². The Kier molecular flexibility index (Phi) is 2.85. The van der Waals surface area contributed by atoms with Crippen LogP contribution in [0, 0.1) is 0 Å². The Morgan fingerprint density at radius 3 is 2.92 bits per heavy atom. The summed E-state index contributed by atoms with van der Waals surface area (Å²) in [6.07, 6.45) is 3.04. The second kappa shape index (κ2) is 3.72. The average Bonchev–Trinajstić information content (AvgIpc) is 2.49. The third kappa shape index (κ3) is 1.64. The predicted octanol–water partition coefficient (Wildman–Crippen LogP) is 2.42. The molecule has 0 aliphatic rings. The number of halogens is 1. The fraction of sp³-hybridized carbons (Fsp3) is 0. The molecule has 2 aromatic heterocycles. The Morgan fingerprint density at radius 1 is 1.46 bits per heavy atom. The monoisotopic (exact) mass is 215 g/mol. The van der Waals surface area contributed by atoms with Crippen molar-refractivity contribution in [2.75, 3.05) is 0 Å². The zero-order valence-corrected chi connectivity index (χ0v) is 8.06. The highest BCUT2D eigenvalue weighted by atomic mass is 35.5. The van der Waals surface area contributed by atoms with Gasteiger partial charge in [-0.3, -0.25) is 4.98 Å². The largest absolute Gasteiger partial charge is 0.478 e. The van der Waals surface area contributed by atoms with Crippen LogP contribution in [0.2, 0.25) is 0 Å². The molecule has 68 valence electrons. The van der Waals surface area contributed by atoms with E-state index < -0.39 is 5.97 Å². The summed E-state index contributed by atoms with van der Waals surface area (Å²) in [4.78, 5) is 14.5. The first-order valence-electron chi connectivity index (χ1n) is 3.33. The van der Waals surface area contributed by atoms with Crippen LogP contribution in [0.15, 0.2) is 23.8 Å². The molecule has 0 saturated heterocycles. The number of carbonyl (C=O) groups is 1. The van der Waals surface area contributed by atoms with Crippen LogP contribution in [0.5, 0.6) is 0 Å². The van der Waals surface area contributed by atoms with Crippen molar-refractivity contribution in [3.8, 4) is 0 Å². The molecule has 0 aliphatic heterocycles. The van der Waals surface area contributed by atoms with Crippen LogP contribution in [-0.2, 0) is 0 Å². The highest BCUT2D eigenvalue weighted by Crippen LogP contribution is 2.23. The van der Waals surface area contributed by atoms with Gasteiger partial charge in [-0.1, -0.05) is 0 Å². The van der Waals surface area contributed by atoms with Gasteiger partial charge in [-0.05, 0) is 11.4 Å². The molecule has 3 nitrogen and oxygen atoms in total. The average molecular weight is 216 g/mol. The summed E-state index contributed by atoms with van der Waals surface area (Å²) in [5, 5.41) is 11.5. The summed E-state index contributed by atoms with van der Waals surface area (Å²) >= 11 is 1.42. The van der Waals surface area contributed by atoms with Gasteiger partial charge in [-0.25, -0.2) is 4.79 Å². The number of hydrogen-bond donors (Lipinski definition) is 1. The van der Waals surface area contributed by atoms with E-state index in [9.17, 15) is 4.79 Å². The maximum absolute atomic E-state index is 10.7. The first-order chi connectivity index (χ1) is 5.79. The molecule has 13 heavy (non-hydrogen) atoms. The molecule has 0 spiro atoms. The molecule has 0 aromatic carbocycles. The maximum Gasteiger partial charge on any atom is 0.338 e. The summed E-state index contributed by atoms with van der Waals surface area (Å²) in [6.45, 7) is 0. The quantitative estimate of drug-likeness (QED) is 0.795. The minimum Gasteiger partial charge on any atom is -0.478 e. The number of fused-ring (bicyclic) bond motifs is 1. The molecule has 0 radical (unpaired) electrons. The summed E-state index contributed by atoms with van der Waals surface area (Å²) in [5.74, 6) is -0.921. The predicted molar refractivity (Wildman–Crippen MR) is 53.8 cm³/mol. The number of carboxylic acid groups (broad SMARTS) is 1. The number of hydrogen-bond acceptors (Lipinski definition) is 3. The number of aromatic carboxylic acids is 1. The molecule has 2 rings (SSSR count). The van der Waals surface area contributed by atoms with Crippen LogP contribution >= 0.6 is 23.7 Å². The smallest absolute Gasteiger partial charge is 0.338 e. The lowest BCUT2D eigenvalue weighted by Gasteiger charge is -1.93. The lowest BCUT2D eigenvalue weighted by molar-refractivity contribution is 0.0699. The van der Waals surface area contributed by atoms with Crippen molar-refractivity contribution in [3.63, 3.8) is 0 Å². The fourth-order valence-corrected chi connectivity index (χ4v) is 1.92. The van der Waals surface area contributed by atoms with Crippen molar-refractivity contribution in [2.45, 2.75) is 0 Å². The van der Waals surface area contributed by atoms with Crippen LogP contribution in [-0.4, -0.2) is 16.1 Å². The van der Waals surface area contributed by atoms with Crippen LogP contribution in [0.4, 0.5) is 0 Å². The van der Waals surface area contributed by atoms with E-state index in [0.29, 0.717) is 0 Å². The second-order valence-corrected chi connectivity index (χ2v) is 3.25. The fourth-order valence-electron chi connectivity index (χ4n) is 1.04. The number of thiophene rings is 1. The third-order valence-electron chi connectivity index (χ3n) is 1.59. The topological polar surface area (TPSA) is 50.2 Å². The second-order valence-electron chi connectivity index (χ2n) is 2.33. The summed E-state index contributed by atoms with van der Waals surface area (Å²) < 4.78 is 0.789. The summed E-state index contributed by atoms with van der Waals surface area (Å²) in [5.41, 5.74) is 0.280. The number of pyridine rings is 1. The van der Waals surface area contributed by atoms with Gasteiger partial charge < -0.3 is 5.11 Å². The van der Waals surface area contributed by atoms with E-state index in [1.165, 1.54) is 17.5 Å². The van der Waals surface area contributed by atoms with Crippen LogP contribution < -0.4 is 0 Å². The van der Waals surface area contributed by atoms with E-state index in [0.717, 1.165) is 10.1 Å². The Morgan fingerprint density at radius 2 is 2.23 bits per heavy atom. The van der Waals surface area contributed by atoms with Crippen molar-refractivity contribution >= 4 is 39.8 Å². The molecule has 2 heterocycles. The molecule has 0 bridgehead atoms. The van der Waals surface area contributed by atoms with Crippen molar-refractivity contribution in [1.29, 1.82) is 0 Å². The Bertz CT molecular complexity index is 440. The highest BCUT2D eigenvalue weighted by Gasteiger charge is 2.08. The summed E-state index contributed by atoms with van der Waals surface area (Å²) in [7, 11) is 0. The molecule has 0 amide bonds. The third-order valence-corrected chi connectivity index (χ3v) is 2.55. The molecule has 0 aliphatic carbocycles. The number of carboxylic acids is 1. The lowest BCUT2D eigenvalue weighted by Crippen LogP contribution is -1.96. The first kappa shape index (κ1) is 9.95. The molecule has 1 N–H and O–H groups in total. The van der Waals surface area contributed by atoms with Gasteiger partial charge in [0.25, 0.3) is 0 Å². The van der Waals surface area contributed by atoms with Gasteiger partial charge in [0.1, 0.15) is 0 Å². The van der Waals surface area contributed by atoms with Gasteiger partial charge in [0.05, 0.1) is 10.3 Å². The first-order valence-corrected chi connectivity index (χ1v) is 4.21. The van der Waals surface area contributed by atoms with E-state index in [-0.39, 0.29) is 18.0 Å². The standard InChI is InChI=1S/C8H5NO2S.ClH/c10-8(11)6-4-9-3-5-1-2-12-7(5)6;/h1-4H,(H,10,11);1H. The Labute approximate surface area is 84.4 Å². The van der Waals surface area contributed by atoms with E-state index in [1.54, 1.807) is 6.20 Å². The minimum absolute atomic E-state index is 0. The molecule has 5 heteroatoms.